The second kappa shape index (κ2) is 7.18. The standard InChI is InChI=1S/C21H26FN3O3/c1-14-13-24(10-11-25(14)17-6-4-16(22)5-7-17)20(28)8-9-21(15-2-3-15)18(26)12-19(27)23-21/h4-7,14-15H,2-3,8-13H2,1H3,(H,23,27)/t14-,21?/m0/s1. The van der Waals surface area contributed by atoms with Crippen molar-refractivity contribution >= 4 is 23.3 Å². The normalized spacial score (nSPS) is 27.9. The first-order chi connectivity index (χ1) is 13.4. The molecule has 2 heterocycles. The van der Waals surface area contributed by atoms with E-state index in [4.69, 9.17) is 0 Å². The molecule has 0 spiro atoms. The zero-order valence-electron chi connectivity index (χ0n) is 16.1. The molecule has 4 rings (SSSR count). The van der Waals surface area contributed by atoms with Crippen LogP contribution in [0.5, 0.6) is 0 Å². The number of piperazine rings is 1. The molecule has 1 aliphatic carbocycles. The van der Waals surface area contributed by atoms with Crippen molar-refractivity contribution in [2.24, 2.45) is 5.92 Å². The van der Waals surface area contributed by atoms with Gasteiger partial charge in [-0.05, 0) is 56.4 Å². The number of carbonyl (C=O) groups is 3. The van der Waals surface area contributed by atoms with Gasteiger partial charge in [0.2, 0.25) is 11.8 Å². The van der Waals surface area contributed by atoms with Crippen LogP contribution in [0.3, 0.4) is 0 Å². The quantitative estimate of drug-likeness (QED) is 0.784. The summed E-state index contributed by atoms with van der Waals surface area (Å²) in [5.74, 6) is -0.315. The molecule has 1 aromatic rings. The number of amides is 2. The number of nitrogens with zero attached hydrogens (tertiary/aromatic N) is 2. The molecule has 0 radical (unpaired) electrons. The molecule has 28 heavy (non-hydrogen) atoms. The van der Waals surface area contributed by atoms with Gasteiger partial charge >= 0.3 is 0 Å². The first-order valence-corrected chi connectivity index (χ1v) is 10.0. The molecule has 3 fully saturated rings. The summed E-state index contributed by atoms with van der Waals surface area (Å²) in [4.78, 5) is 40.9. The topological polar surface area (TPSA) is 69.7 Å². The van der Waals surface area contributed by atoms with Crippen LogP contribution in [0.1, 0.15) is 39.0 Å². The lowest BCUT2D eigenvalue weighted by Gasteiger charge is -2.41. The second-order valence-electron chi connectivity index (χ2n) is 8.25. The summed E-state index contributed by atoms with van der Waals surface area (Å²) in [5.41, 5.74) is 0.141. The minimum Gasteiger partial charge on any atom is -0.365 e. The van der Waals surface area contributed by atoms with E-state index in [1.165, 1.54) is 12.1 Å². The Morgan fingerprint density at radius 1 is 1.21 bits per heavy atom. The number of benzene rings is 1. The van der Waals surface area contributed by atoms with Crippen LogP contribution in [0.4, 0.5) is 10.1 Å². The number of nitrogens with one attached hydrogen (secondary N) is 1. The Morgan fingerprint density at radius 2 is 1.93 bits per heavy atom. The maximum atomic E-state index is 13.2. The minimum absolute atomic E-state index is 0.0274. The Hall–Kier alpha value is -2.44. The number of halogens is 1. The van der Waals surface area contributed by atoms with Crippen molar-refractivity contribution < 1.29 is 18.8 Å². The zero-order valence-corrected chi connectivity index (χ0v) is 16.1. The number of anilines is 1. The first kappa shape index (κ1) is 18.9. The summed E-state index contributed by atoms with van der Waals surface area (Å²) >= 11 is 0. The Balaban J connectivity index is 1.35. The molecule has 2 amide bonds. The fraction of sp³-hybridized carbons (Fsp3) is 0.571. The first-order valence-electron chi connectivity index (χ1n) is 10.0. The van der Waals surface area contributed by atoms with Crippen LogP contribution in [0.15, 0.2) is 24.3 Å². The van der Waals surface area contributed by atoms with Crippen molar-refractivity contribution in [3.63, 3.8) is 0 Å². The fourth-order valence-electron chi connectivity index (χ4n) is 4.64. The number of ketones is 1. The molecule has 1 aromatic carbocycles. The lowest BCUT2D eigenvalue weighted by molar-refractivity contribution is -0.133. The van der Waals surface area contributed by atoms with Gasteiger partial charge in [0.05, 0.1) is 6.42 Å². The van der Waals surface area contributed by atoms with Crippen molar-refractivity contribution in [3.8, 4) is 0 Å². The molecule has 7 heteroatoms. The van der Waals surface area contributed by atoms with E-state index in [1.54, 1.807) is 12.1 Å². The highest BCUT2D eigenvalue weighted by Gasteiger charge is 2.55. The zero-order chi connectivity index (χ0) is 19.9. The van der Waals surface area contributed by atoms with Gasteiger partial charge in [-0.1, -0.05) is 0 Å². The third-order valence-electron chi connectivity index (χ3n) is 6.33. The van der Waals surface area contributed by atoms with Crippen LogP contribution in [-0.4, -0.2) is 53.7 Å². The van der Waals surface area contributed by atoms with Crippen molar-refractivity contribution in [2.75, 3.05) is 24.5 Å². The highest BCUT2D eigenvalue weighted by Crippen LogP contribution is 2.45. The van der Waals surface area contributed by atoms with E-state index in [1.807, 2.05) is 4.90 Å². The minimum atomic E-state index is -0.811. The second-order valence-corrected chi connectivity index (χ2v) is 8.25. The molecule has 3 aliphatic rings. The number of carbonyl (C=O) groups excluding carboxylic acids is 3. The van der Waals surface area contributed by atoms with E-state index < -0.39 is 5.54 Å². The molecular weight excluding hydrogens is 361 g/mol. The van der Waals surface area contributed by atoms with Crippen molar-refractivity contribution in [1.29, 1.82) is 0 Å². The largest absolute Gasteiger partial charge is 0.365 e. The average molecular weight is 387 g/mol. The molecule has 6 nitrogen and oxygen atoms in total. The molecular formula is C21H26FN3O3. The molecule has 0 bridgehead atoms. The smallest absolute Gasteiger partial charge is 0.228 e. The van der Waals surface area contributed by atoms with Crippen LogP contribution >= 0.6 is 0 Å². The molecule has 2 atom stereocenters. The van der Waals surface area contributed by atoms with Crippen molar-refractivity contribution in [1.82, 2.24) is 10.2 Å². The SMILES string of the molecule is C[C@H]1CN(C(=O)CCC2(C3CC3)NC(=O)CC2=O)CCN1c1ccc(F)cc1. The van der Waals surface area contributed by atoms with Crippen molar-refractivity contribution in [3.05, 3.63) is 30.1 Å². The van der Waals surface area contributed by atoms with E-state index in [0.29, 0.717) is 26.1 Å². The van der Waals surface area contributed by atoms with Gasteiger partial charge in [-0.2, -0.15) is 0 Å². The molecule has 1 N–H and O–H groups in total. The molecule has 0 aromatic heterocycles. The Kier molecular flexibility index (Phi) is 4.85. The van der Waals surface area contributed by atoms with E-state index in [0.717, 1.165) is 18.5 Å². The Morgan fingerprint density at radius 3 is 2.50 bits per heavy atom. The van der Waals surface area contributed by atoms with E-state index in [-0.39, 0.29) is 48.2 Å². The summed E-state index contributed by atoms with van der Waals surface area (Å²) < 4.78 is 13.2. The summed E-state index contributed by atoms with van der Waals surface area (Å²) in [6.07, 6.45) is 2.48. The van der Waals surface area contributed by atoms with Gasteiger partial charge in [-0.3, -0.25) is 14.4 Å². The van der Waals surface area contributed by atoms with Crippen molar-refractivity contribution in [2.45, 2.75) is 50.6 Å². The van der Waals surface area contributed by atoms with E-state index in [2.05, 4.69) is 17.1 Å². The average Bonchev–Trinajstić information content (AvgIpc) is 3.47. The highest BCUT2D eigenvalue weighted by molar-refractivity contribution is 6.10. The summed E-state index contributed by atoms with van der Waals surface area (Å²) in [6.45, 7) is 3.92. The fourth-order valence-corrected chi connectivity index (χ4v) is 4.64. The lowest BCUT2D eigenvalue weighted by Crippen LogP contribution is -2.54. The van der Waals surface area contributed by atoms with Crippen LogP contribution in [0.2, 0.25) is 0 Å². The van der Waals surface area contributed by atoms with Gasteiger partial charge in [0, 0.05) is 37.8 Å². The maximum Gasteiger partial charge on any atom is 0.228 e. The number of hydrogen-bond donors (Lipinski definition) is 1. The van der Waals surface area contributed by atoms with Gasteiger partial charge < -0.3 is 15.1 Å². The predicted molar refractivity (Wildman–Crippen MR) is 102 cm³/mol. The monoisotopic (exact) mass is 387 g/mol. The molecule has 150 valence electrons. The molecule has 2 saturated heterocycles. The maximum absolute atomic E-state index is 13.2. The van der Waals surface area contributed by atoms with Crippen LogP contribution < -0.4 is 10.2 Å². The number of hydrogen-bond acceptors (Lipinski definition) is 4. The van der Waals surface area contributed by atoms with E-state index >= 15 is 0 Å². The molecule has 1 unspecified atom stereocenters. The van der Waals surface area contributed by atoms with Crippen LogP contribution in [0.25, 0.3) is 0 Å². The van der Waals surface area contributed by atoms with Gasteiger partial charge in [0.1, 0.15) is 11.4 Å². The third-order valence-corrected chi connectivity index (χ3v) is 6.33. The van der Waals surface area contributed by atoms with Gasteiger partial charge in [0.15, 0.2) is 5.78 Å². The van der Waals surface area contributed by atoms with Gasteiger partial charge in [-0.15, -0.1) is 0 Å². The third kappa shape index (κ3) is 3.50. The van der Waals surface area contributed by atoms with E-state index in [9.17, 15) is 18.8 Å². The highest BCUT2D eigenvalue weighted by atomic mass is 19.1. The molecule has 2 aliphatic heterocycles. The summed E-state index contributed by atoms with van der Waals surface area (Å²) in [5, 5.41) is 2.88. The number of Topliss-reactive ketones (excluding diaryl/α,β-unsaturated/α-hetero) is 1. The van der Waals surface area contributed by atoms with Crippen LogP contribution in [-0.2, 0) is 14.4 Å². The number of rotatable bonds is 5. The van der Waals surface area contributed by atoms with Gasteiger partial charge in [0.25, 0.3) is 0 Å². The Labute approximate surface area is 164 Å². The van der Waals surface area contributed by atoms with Crippen LogP contribution in [0, 0.1) is 11.7 Å². The lowest BCUT2D eigenvalue weighted by atomic mass is 9.85. The Bertz CT molecular complexity index is 793. The van der Waals surface area contributed by atoms with Gasteiger partial charge in [-0.25, -0.2) is 4.39 Å². The predicted octanol–water partition coefficient (Wildman–Crippen LogP) is 1.88. The summed E-state index contributed by atoms with van der Waals surface area (Å²) in [7, 11) is 0. The molecule has 1 saturated carbocycles. The summed E-state index contributed by atoms with van der Waals surface area (Å²) in [6, 6.07) is 6.54.